The van der Waals surface area contributed by atoms with Crippen LogP contribution in [0.15, 0.2) is 54.6 Å². The maximum atomic E-state index is 11.1. The van der Waals surface area contributed by atoms with Gasteiger partial charge in [-0.15, -0.1) is 0 Å². The second-order valence-electron chi connectivity index (χ2n) is 5.43. The van der Waals surface area contributed by atoms with Crippen LogP contribution in [0.25, 0.3) is 0 Å². The molecule has 0 amide bonds. The summed E-state index contributed by atoms with van der Waals surface area (Å²) in [5, 5.41) is 22.3. The largest absolute Gasteiger partial charge is 0.478 e. The number of carboxylic acid groups (broad SMARTS) is 1. The van der Waals surface area contributed by atoms with Crippen LogP contribution in [0.3, 0.4) is 0 Å². The first-order chi connectivity index (χ1) is 10.6. The van der Waals surface area contributed by atoms with Gasteiger partial charge in [-0.05, 0) is 30.0 Å². The van der Waals surface area contributed by atoms with Crippen LogP contribution < -0.4 is 5.32 Å². The van der Waals surface area contributed by atoms with Gasteiger partial charge in [0.2, 0.25) is 0 Å². The Labute approximate surface area is 130 Å². The molecule has 0 spiro atoms. The highest BCUT2D eigenvalue weighted by molar-refractivity contribution is 5.94. The van der Waals surface area contributed by atoms with Gasteiger partial charge in [0.05, 0.1) is 11.7 Å². The number of para-hydroxylation sites is 1. The second kappa shape index (κ2) is 7.61. The van der Waals surface area contributed by atoms with Crippen molar-refractivity contribution in [2.24, 2.45) is 0 Å². The first-order valence-corrected chi connectivity index (χ1v) is 7.37. The standard InChI is InChI=1S/C18H21NO3/c1-13(14-7-3-2-4-8-14)11-15(20)12-19-17-10-6-5-9-16(17)18(21)22/h2-10,13,15,19-20H,11-12H2,1H3,(H,21,22). The zero-order valence-corrected chi connectivity index (χ0v) is 12.6. The molecule has 0 aromatic heterocycles. The van der Waals surface area contributed by atoms with Crippen LogP contribution in [0.5, 0.6) is 0 Å². The Kier molecular flexibility index (Phi) is 5.55. The fraction of sp³-hybridized carbons (Fsp3) is 0.278. The van der Waals surface area contributed by atoms with Crippen LogP contribution in [-0.2, 0) is 0 Å². The number of anilines is 1. The summed E-state index contributed by atoms with van der Waals surface area (Å²) in [6.45, 7) is 2.39. The lowest BCUT2D eigenvalue weighted by Gasteiger charge is -2.18. The minimum atomic E-state index is -0.977. The van der Waals surface area contributed by atoms with Crippen molar-refractivity contribution >= 4 is 11.7 Å². The molecule has 4 heteroatoms. The summed E-state index contributed by atoms with van der Waals surface area (Å²) in [4.78, 5) is 11.1. The van der Waals surface area contributed by atoms with Gasteiger partial charge in [-0.1, -0.05) is 49.4 Å². The van der Waals surface area contributed by atoms with Crippen molar-refractivity contribution in [2.45, 2.75) is 25.4 Å². The van der Waals surface area contributed by atoms with Crippen molar-refractivity contribution in [3.63, 3.8) is 0 Å². The van der Waals surface area contributed by atoms with E-state index < -0.39 is 12.1 Å². The van der Waals surface area contributed by atoms with Crippen LogP contribution in [-0.4, -0.2) is 28.8 Å². The normalized spacial score (nSPS) is 13.4. The molecule has 0 aliphatic rings. The first-order valence-electron chi connectivity index (χ1n) is 7.37. The topological polar surface area (TPSA) is 69.6 Å². The van der Waals surface area contributed by atoms with E-state index in [1.54, 1.807) is 24.3 Å². The number of carbonyl (C=O) groups is 1. The van der Waals surface area contributed by atoms with E-state index in [1.165, 1.54) is 5.56 Å². The molecule has 2 rings (SSSR count). The first kappa shape index (κ1) is 16.0. The number of carboxylic acids is 1. The Hall–Kier alpha value is -2.33. The summed E-state index contributed by atoms with van der Waals surface area (Å²) >= 11 is 0. The van der Waals surface area contributed by atoms with Crippen LogP contribution in [0.1, 0.15) is 35.2 Å². The highest BCUT2D eigenvalue weighted by atomic mass is 16.4. The van der Waals surface area contributed by atoms with E-state index in [-0.39, 0.29) is 11.5 Å². The summed E-state index contributed by atoms with van der Waals surface area (Å²) in [7, 11) is 0. The number of aliphatic hydroxyl groups excluding tert-OH is 1. The number of benzene rings is 2. The maximum absolute atomic E-state index is 11.1. The summed E-state index contributed by atoms with van der Waals surface area (Å²) in [6.07, 6.45) is 0.0729. The third kappa shape index (κ3) is 4.33. The maximum Gasteiger partial charge on any atom is 0.337 e. The number of hydrogen-bond donors (Lipinski definition) is 3. The molecule has 22 heavy (non-hydrogen) atoms. The van der Waals surface area contributed by atoms with Crippen molar-refractivity contribution in [2.75, 3.05) is 11.9 Å². The van der Waals surface area contributed by atoms with E-state index in [9.17, 15) is 9.90 Å². The van der Waals surface area contributed by atoms with Crippen molar-refractivity contribution in [3.8, 4) is 0 Å². The van der Waals surface area contributed by atoms with E-state index in [2.05, 4.69) is 12.2 Å². The average molecular weight is 299 g/mol. The Balaban J connectivity index is 1.91. The Bertz CT molecular complexity index is 613. The monoisotopic (exact) mass is 299 g/mol. The zero-order valence-electron chi connectivity index (χ0n) is 12.6. The molecule has 0 saturated carbocycles. The number of hydrogen-bond acceptors (Lipinski definition) is 3. The molecule has 3 N–H and O–H groups in total. The molecular weight excluding hydrogens is 278 g/mol. The van der Waals surface area contributed by atoms with Gasteiger partial charge < -0.3 is 15.5 Å². The van der Waals surface area contributed by atoms with Crippen molar-refractivity contribution in [1.29, 1.82) is 0 Å². The smallest absolute Gasteiger partial charge is 0.337 e. The molecule has 2 unspecified atom stereocenters. The summed E-state index contributed by atoms with van der Waals surface area (Å²) in [5.74, 6) is -0.733. The minimum absolute atomic E-state index is 0.214. The molecule has 0 bridgehead atoms. The van der Waals surface area contributed by atoms with Crippen LogP contribution in [0.4, 0.5) is 5.69 Å². The van der Waals surface area contributed by atoms with Gasteiger partial charge in [0.1, 0.15) is 0 Å². The molecule has 4 nitrogen and oxygen atoms in total. The fourth-order valence-electron chi connectivity index (χ4n) is 2.46. The van der Waals surface area contributed by atoms with Gasteiger partial charge in [-0.2, -0.15) is 0 Å². The molecule has 0 fully saturated rings. The summed E-state index contributed by atoms with van der Waals surface area (Å²) in [5.41, 5.74) is 1.93. The van der Waals surface area contributed by atoms with Gasteiger partial charge in [0.15, 0.2) is 0 Å². The van der Waals surface area contributed by atoms with Gasteiger partial charge in [-0.25, -0.2) is 4.79 Å². The van der Waals surface area contributed by atoms with E-state index >= 15 is 0 Å². The number of rotatable bonds is 7. The SMILES string of the molecule is CC(CC(O)CNc1ccccc1C(=O)O)c1ccccc1. The van der Waals surface area contributed by atoms with E-state index in [0.29, 0.717) is 18.7 Å². The van der Waals surface area contributed by atoms with Gasteiger partial charge >= 0.3 is 5.97 Å². The van der Waals surface area contributed by atoms with Crippen molar-refractivity contribution in [1.82, 2.24) is 0 Å². The molecule has 0 heterocycles. The molecule has 0 saturated heterocycles. The third-order valence-electron chi connectivity index (χ3n) is 3.68. The molecule has 0 aliphatic carbocycles. The lowest BCUT2D eigenvalue weighted by atomic mass is 9.95. The molecule has 2 atom stereocenters. The van der Waals surface area contributed by atoms with Crippen LogP contribution in [0, 0.1) is 0 Å². The average Bonchev–Trinajstić information content (AvgIpc) is 2.54. The molecule has 116 valence electrons. The zero-order chi connectivity index (χ0) is 15.9. The minimum Gasteiger partial charge on any atom is -0.478 e. The van der Waals surface area contributed by atoms with Gasteiger partial charge in [-0.3, -0.25) is 0 Å². The summed E-state index contributed by atoms with van der Waals surface area (Å²) < 4.78 is 0. The fourth-order valence-corrected chi connectivity index (χ4v) is 2.46. The van der Waals surface area contributed by atoms with Gasteiger partial charge in [0.25, 0.3) is 0 Å². The van der Waals surface area contributed by atoms with Crippen LogP contribution in [0.2, 0.25) is 0 Å². The summed E-state index contributed by atoms with van der Waals surface area (Å²) in [6, 6.07) is 16.7. The Morgan fingerprint density at radius 2 is 1.73 bits per heavy atom. The van der Waals surface area contributed by atoms with Crippen LogP contribution >= 0.6 is 0 Å². The van der Waals surface area contributed by atoms with Crippen molar-refractivity contribution in [3.05, 3.63) is 65.7 Å². The predicted molar refractivity (Wildman–Crippen MR) is 87.4 cm³/mol. The lowest BCUT2D eigenvalue weighted by molar-refractivity contribution is 0.0697. The Morgan fingerprint density at radius 3 is 2.41 bits per heavy atom. The Morgan fingerprint density at radius 1 is 1.09 bits per heavy atom. The van der Waals surface area contributed by atoms with E-state index in [0.717, 1.165) is 0 Å². The highest BCUT2D eigenvalue weighted by Crippen LogP contribution is 2.21. The number of aromatic carboxylic acids is 1. The van der Waals surface area contributed by atoms with E-state index in [4.69, 9.17) is 5.11 Å². The molecule has 0 aliphatic heterocycles. The van der Waals surface area contributed by atoms with E-state index in [1.807, 2.05) is 30.3 Å². The molecule has 2 aromatic rings. The molecular formula is C18H21NO3. The third-order valence-corrected chi connectivity index (χ3v) is 3.68. The highest BCUT2D eigenvalue weighted by Gasteiger charge is 2.14. The predicted octanol–water partition coefficient (Wildman–Crippen LogP) is 3.35. The van der Waals surface area contributed by atoms with Gasteiger partial charge in [0, 0.05) is 12.2 Å². The van der Waals surface area contributed by atoms with Crippen molar-refractivity contribution < 1.29 is 15.0 Å². The lowest BCUT2D eigenvalue weighted by Crippen LogP contribution is -2.22. The second-order valence-corrected chi connectivity index (χ2v) is 5.43. The number of nitrogens with one attached hydrogen (secondary N) is 1. The molecule has 2 aromatic carbocycles. The quantitative estimate of drug-likeness (QED) is 0.733. The molecule has 0 radical (unpaired) electrons. The number of aliphatic hydroxyl groups is 1.